The van der Waals surface area contributed by atoms with Crippen LogP contribution in [0.2, 0.25) is 0 Å². The van der Waals surface area contributed by atoms with E-state index in [4.69, 9.17) is 4.99 Å². The molecule has 2 aliphatic heterocycles. The van der Waals surface area contributed by atoms with Crippen molar-refractivity contribution in [1.29, 1.82) is 0 Å². The largest absolute Gasteiger partial charge is 0.344 e. The van der Waals surface area contributed by atoms with Crippen LogP contribution in [0.25, 0.3) is 22.3 Å². The second-order valence-corrected chi connectivity index (χ2v) is 13.5. The van der Waals surface area contributed by atoms with E-state index >= 15 is 0 Å². The summed E-state index contributed by atoms with van der Waals surface area (Å²) in [6, 6.07) is 52.3. The maximum atomic E-state index is 5.52. The van der Waals surface area contributed by atoms with Gasteiger partial charge in [0.05, 0.1) is 22.5 Å². The maximum absolute atomic E-state index is 5.52. The molecule has 8 rings (SSSR count). The van der Waals surface area contributed by atoms with Crippen LogP contribution >= 0.6 is 0 Å². The first-order valence-electron chi connectivity index (χ1n) is 19.7. The Morgan fingerprint density at radius 2 is 1.04 bits per heavy atom. The predicted octanol–water partition coefficient (Wildman–Crippen LogP) is 11.2. The number of nitrogens with zero attached hydrogens (tertiary/aromatic N) is 3. The number of rotatable bonds is 6. The van der Waals surface area contributed by atoms with Gasteiger partial charge in [0.15, 0.2) is 0 Å². The third kappa shape index (κ3) is 7.92. The Morgan fingerprint density at radius 1 is 0.554 bits per heavy atom. The van der Waals surface area contributed by atoms with Crippen LogP contribution in [0.3, 0.4) is 0 Å². The van der Waals surface area contributed by atoms with Gasteiger partial charge in [-0.1, -0.05) is 154 Å². The lowest BCUT2D eigenvalue weighted by Crippen LogP contribution is -2.31. The molecule has 0 saturated heterocycles. The summed E-state index contributed by atoms with van der Waals surface area (Å²) in [5, 5.41) is 2.42. The minimum atomic E-state index is 0.792. The van der Waals surface area contributed by atoms with Crippen molar-refractivity contribution in [2.24, 2.45) is 12.0 Å². The Hall–Kier alpha value is -6.63. The molecule has 6 bridgehead atoms. The molecule has 6 aromatic rings. The lowest BCUT2D eigenvalue weighted by molar-refractivity contribution is 0.648. The minimum absolute atomic E-state index is 0.792. The van der Waals surface area contributed by atoms with Crippen molar-refractivity contribution in [1.82, 2.24) is 9.13 Å². The molecule has 0 fully saturated rings. The summed E-state index contributed by atoms with van der Waals surface area (Å²) in [5.74, 6) is 0. The van der Waals surface area contributed by atoms with Crippen molar-refractivity contribution in [3.05, 3.63) is 226 Å². The molecule has 2 aromatic heterocycles. The van der Waals surface area contributed by atoms with E-state index in [1.165, 1.54) is 38.5 Å². The number of allylic oxidation sites excluding steroid dienone is 5. The Balaban J connectivity index is 0.00000129. The van der Waals surface area contributed by atoms with E-state index in [1.807, 2.05) is 13.8 Å². The first-order valence-corrected chi connectivity index (χ1v) is 19.7. The summed E-state index contributed by atoms with van der Waals surface area (Å²) in [4.78, 5) is 5.52. The van der Waals surface area contributed by atoms with Crippen LogP contribution in [-0.2, 0) is 13.6 Å². The lowest BCUT2D eigenvalue weighted by Gasteiger charge is -2.16. The standard InChI is InChI=1S/C49H43N3.C2H6.C2H2/c1-4-34-52-43-30-33-46(52)49(39-25-15-8-16-26-39)42-29-28-41(50-42)48(38-23-13-7-14-24-38)45-32-31-44(51(45)3)47(37-21-11-6-12-22-37)35(2)18-17-27-40(43)36-19-9-5-10-20-36;2*1-2/h5-26,28-33H,4,27,34H2,1-3H3;1-2H3;1-2H/b18-17-,43-40+,47-35+,48-41-,49-46-;;. The highest BCUT2D eigenvalue weighted by Crippen LogP contribution is 2.36. The predicted molar refractivity (Wildman–Crippen MR) is 239 cm³/mol. The first kappa shape index (κ1) is 39.1. The van der Waals surface area contributed by atoms with Crippen LogP contribution in [-0.4, -0.2) is 14.8 Å². The number of hydrogen-bond donors (Lipinski definition) is 0. The van der Waals surface area contributed by atoms with E-state index in [9.17, 15) is 0 Å². The van der Waals surface area contributed by atoms with E-state index in [0.29, 0.717) is 0 Å². The van der Waals surface area contributed by atoms with Crippen LogP contribution < -0.4 is 10.7 Å². The molecule has 0 unspecified atom stereocenters. The topological polar surface area (TPSA) is 22.2 Å². The third-order valence-corrected chi connectivity index (χ3v) is 10.2. The van der Waals surface area contributed by atoms with E-state index in [-0.39, 0.29) is 0 Å². The van der Waals surface area contributed by atoms with Gasteiger partial charge in [-0.05, 0) is 89.6 Å². The average Bonchev–Trinajstić information content (AvgIpc) is 4.00. The van der Waals surface area contributed by atoms with Gasteiger partial charge in [-0.15, -0.1) is 12.8 Å². The van der Waals surface area contributed by atoms with E-state index in [2.05, 4.69) is 213 Å². The Kier molecular flexibility index (Phi) is 13.0. The second kappa shape index (κ2) is 18.6. The van der Waals surface area contributed by atoms with Crippen LogP contribution in [0.1, 0.15) is 74.2 Å². The average molecular weight is 730 g/mol. The second-order valence-electron chi connectivity index (χ2n) is 13.5. The zero-order valence-corrected chi connectivity index (χ0v) is 33.3. The first-order chi connectivity index (χ1) is 27.6. The van der Waals surface area contributed by atoms with Gasteiger partial charge in [0, 0.05) is 41.4 Å². The molecule has 4 aromatic carbocycles. The molecule has 0 spiro atoms. The van der Waals surface area contributed by atoms with Gasteiger partial charge in [-0.3, -0.25) is 0 Å². The fourth-order valence-corrected chi connectivity index (χ4v) is 7.76. The number of aromatic nitrogens is 2. The van der Waals surface area contributed by atoms with Crippen LogP contribution in [0.15, 0.2) is 186 Å². The number of hydrogen-bond acceptors (Lipinski definition) is 1. The fourth-order valence-electron chi connectivity index (χ4n) is 7.76. The van der Waals surface area contributed by atoms with E-state index in [1.54, 1.807) is 0 Å². The number of fused-ring (bicyclic) bond motifs is 5. The van der Waals surface area contributed by atoms with Crippen molar-refractivity contribution >= 4 is 28.0 Å². The molecule has 3 nitrogen and oxygen atoms in total. The molecule has 4 heterocycles. The minimum Gasteiger partial charge on any atom is -0.344 e. The third-order valence-electron chi connectivity index (χ3n) is 10.2. The number of terminal acetylenes is 1. The van der Waals surface area contributed by atoms with Crippen molar-refractivity contribution in [3.8, 4) is 12.8 Å². The van der Waals surface area contributed by atoms with Crippen molar-refractivity contribution in [3.63, 3.8) is 0 Å². The van der Waals surface area contributed by atoms with Crippen LogP contribution in [0, 0.1) is 12.8 Å². The van der Waals surface area contributed by atoms with Crippen molar-refractivity contribution < 1.29 is 0 Å². The van der Waals surface area contributed by atoms with Crippen LogP contribution in [0.4, 0.5) is 0 Å². The van der Waals surface area contributed by atoms with Gasteiger partial charge in [-0.25, -0.2) is 4.99 Å². The van der Waals surface area contributed by atoms with Gasteiger partial charge < -0.3 is 9.13 Å². The SMILES string of the molecule is C#C.CC.CCCn1/c2cc/c1=C(\c1ccccc1)C/C=C\C(C)=C(/c1ccccc1)c1ccc(n1C)/C(c1ccccc1)=C1/C=CC(=N1)/C=2c1ccccc1. The Bertz CT molecular complexity index is 2570. The Labute approximate surface area is 333 Å². The summed E-state index contributed by atoms with van der Waals surface area (Å²) in [5.41, 5.74) is 14.9. The molecular formula is C53H51N3. The zero-order valence-electron chi connectivity index (χ0n) is 33.3. The summed E-state index contributed by atoms with van der Waals surface area (Å²) in [6.07, 6.45) is 18.9. The molecule has 0 atom stereocenters. The van der Waals surface area contributed by atoms with Crippen LogP contribution in [0.5, 0.6) is 0 Å². The molecule has 2 aliphatic rings. The molecule has 56 heavy (non-hydrogen) atoms. The summed E-state index contributed by atoms with van der Waals surface area (Å²) in [6.45, 7) is 9.40. The molecular weight excluding hydrogens is 679 g/mol. The smallest absolute Gasteiger partial charge is 0.0737 e. The highest BCUT2D eigenvalue weighted by molar-refractivity contribution is 6.30. The van der Waals surface area contributed by atoms with Gasteiger partial charge in [-0.2, -0.15) is 0 Å². The normalized spacial score (nSPS) is 18.8. The highest BCUT2D eigenvalue weighted by atomic mass is 15.0. The van der Waals surface area contributed by atoms with E-state index < -0.39 is 0 Å². The molecule has 0 radical (unpaired) electrons. The summed E-state index contributed by atoms with van der Waals surface area (Å²) < 4.78 is 4.87. The quantitative estimate of drug-likeness (QED) is 0.152. The molecule has 0 saturated carbocycles. The molecule has 3 heteroatoms. The Morgan fingerprint density at radius 3 is 1.59 bits per heavy atom. The van der Waals surface area contributed by atoms with Gasteiger partial charge >= 0.3 is 0 Å². The number of aliphatic imine (C=N–C) groups is 1. The zero-order chi connectivity index (χ0) is 39.4. The molecule has 0 N–H and O–H groups in total. The molecule has 0 aliphatic carbocycles. The van der Waals surface area contributed by atoms with Gasteiger partial charge in [0.25, 0.3) is 0 Å². The fraction of sp³-hybridized carbons (Fsp3) is 0.151. The highest BCUT2D eigenvalue weighted by Gasteiger charge is 2.23. The van der Waals surface area contributed by atoms with Gasteiger partial charge in [0.1, 0.15) is 0 Å². The summed E-state index contributed by atoms with van der Waals surface area (Å²) >= 11 is 0. The van der Waals surface area contributed by atoms with Crippen molar-refractivity contribution in [2.75, 3.05) is 0 Å². The lowest BCUT2D eigenvalue weighted by atomic mass is 9.96. The van der Waals surface area contributed by atoms with E-state index in [0.717, 1.165) is 64.5 Å². The van der Waals surface area contributed by atoms with Crippen molar-refractivity contribution in [2.45, 2.75) is 47.1 Å². The maximum Gasteiger partial charge on any atom is 0.0737 e. The monoisotopic (exact) mass is 729 g/mol. The summed E-state index contributed by atoms with van der Waals surface area (Å²) in [7, 11) is 2.19. The van der Waals surface area contributed by atoms with Gasteiger partial charge in [0.2, 0.25) is 0 Å². The molecule has 278 valence electrons. The molecule has 0 amide bonds. The number of benzene rings is 4.